The molecule has 1 aromatic heterocycles. The summed E-state index contributed by atoms with van der Waals surface area (Å²) >= 11 is 6.23. The summed E-state index contributed by atoms with van der Waals surface area (Å²) < 4.78 is 41.0. The van der Waals surface area contributed by atoms with Gasteiger partial charge in [0.1, 0.15) is 0 Å². The van der Waals surface area contributed by atoms with Crippen molar-refractivity contribution in [2.24, 2.45) is 7.05 Å². The zero-order chi connectivity index (χ0) is 18.9. The van der Waals surface area contributed by atoms with Gasteiger partial charge in [-0.2, -0.15) is 18.3 Å². The average molecular weight is 380 g/mol. The molecule has 1 amide bonds. The van der Waals surface area contributed by atoms with Crippen LogP contribution in [0, 0.1) is 0 Å². The minimum Gasteiger partial charge on any atom is -0.279 e. The van der Waals surface area contributed by atoms with Crippen molar-refractivity contribution in [3.63, 3.8) is 0 Å². The van der Waals surface area contributed by atoms with Gasteiger partial charge in [0.15, 0.2) is 5.69 Å². The van der Waals surface area contributed by atoms with Crippen molar-refractivity contribution >= 4 is 29.4 Å². The number of hydrogen-bond acceptors (Lipinski definition) is 2. The molecular weight excluding hydrogens is 367 g/mol. The fourth-order valence-corrected chi connectivity index (χ4v) is 2.93. The molecule has 0 bridgehead atoms. The largest absolute Gasteiger partial charge is 0.437 e. The Hall–Kier alpha value is -2.80. The van der Waals surface area contributed by atoms with Crippen LogP contribution in [0.2, 0.25) is 5.02 Å². The van der Waals surface area contributed by atoms with Crippen LogP contribution in [0.5, 0.6) is 0 Å². The van der Waals surface area contributed by atoms with E-state index >= 15 is 0 Å². The second-order valence-corrected chi connectivity index (χ2v) is 5.91. The Labute approximate surface area is 152 Å². The number of carbonyl (C=O) groups is 1. The number of alkyl halides is 3. The van der Waals surface area contributed by atoms with Crippen LogP contribution in [-0.4, -0.2) is 16.2 Å². The van der Waals surface area contributed by atoms with E-state index < -0.39 is 11.9 Å². The van der Waals surface area contributed by atoms with Crippen LogP contribution < -0.4 is 4.90 Å². The van der Waals surface area contributed by atoms with Crippen LogP contribution in [0.15, 0.2) is 54.7 Å². The molecule has 8 heteroatoms. The Kier molecular flexibility index (Phi) is 4.73. The van der Waals surface area contributed by atoms with E-state index in [-0.39, 0.29) is 11.4 Å². The average Bonchev–Trinajstić information content (AvgIpc) is 2.99. The summed E-state index contributed by atoms with van der Waals surface area (Å²) in [5, 5.41) is 3.89. The molecule has 134 valence electrons. The van der Waals surface area contributed by atoms with Gasteiger partial charge in [-0.15, -0.1) is 0 Å². The minimum absolute atomic E-state index is 0.272. The zero-order valence-electron chi connectivity index (χ0n) is 13.5. The fourth-order valence-electron chi connectivity index (χ4n) is 2.69. The number of para-hydroxylation sites is 1. The van der Waals surface area contributed by atoms with Crippen LogP contribution in [0.25, 0.3) is 11.1 Å². The number of amides is 1. The van der Waals surface area contributed by atoms with E-state index in [1.54, 1.807) is 48.5 Å². The van der Waals surface area contributed by atoms with Gasteiger partial charge in [-0.05, 0) is 12.1 Å². The van der Waals surface area contributed by atoms with Crippen molar-refractivity contribution in [3.05, 3.63) is 65.4 Å². The third-order valence-corrected chi connectivity index (χ3v) is 4.10. The van der Waals surface area contributed by atoms with Gasteiger partial charge in [0.25, 0.3) is 0 Å². The first-order chi connectivity index (χ1) is 12.3. The molecule has 4 nitrogen and oxygen atoms in total. The molecule has 0 aliphatic carbocycles. The van der Waals surface area contributed by atoms with Crippen LogP contribution in [0.4, 0.5) is 24.5 Å². The van der Waals surface area contributed by atoms with Gasteiger partial charge in [0.2, 0.25) is 6.41 Å². The third-order valence-electron chi connectivity index (χ3n) is 3.77. The topological polar surface area (TPSA) is 38.1 Å². The van der Waals surface area contributed by atoms with Crippen molar-refractivity contribution in [3.8, 4) is 11.1 Å². The summed E-state index contributed by atoms with van der Waals surface area (Å²) in [6.45, 7) is 0. The lowest BCUT2D eigenvalue weighted by molar-refractivity contribution is -0.140. The summed E-state index contributed by atoms with van der Waals surface area (Å²) in [4.78, 5) is 12.7. The van der Waals surface area contributed by atoms with Crippen LogP contribution in [-0.2, 0) is 18.0 Å². The quantitative estimate of drug-likeness (QED) is 0.595. The Morgan fingerprint density at radius 3 is 2.27 bits per heavy atom. The lowest BCUT2D eigenvalue weighted by Gasteiger charge is -2.21. The Morgan fingerprint density at radius 2 is 1.65 bits per heavy atom. The van der Waals surface area contributed by atoms with E-state index in [0.717, 1.165) is 15.8 Å². The molecule has 0 saturated carbocycles. The number of rotatable bonds is 4. The summed E-state index contributed by atoms with van der Waals surface area (Å²) in [6, 6.07) is 13.5. The van der Waals surface area contributed by atoms with E-state index in [1.807, 2.05) is 0 Å². The van der Waals surface area contributed by atoms with E-state index in [0.29, 0.717) is 22.6 Å². The van der Waals surface area contributed by atoms with Crippen LogP contribution in [0.3, 0.4) is 0 Å². The molecule has 0 atom stereocenters. The van der Waals surface area contributed by atoms with Crippen molar-refractivity contribution in [1.29, 1.82) is 0 Å². The molecule has 3 aromatic rings. The van der Waals surface area contributed by atoms with Crippen molar-refractivity contribution in [1.82, 2.24) is 9.78 Å². The fraction of sp³-hybridized carbons (Fsp3) is 0.111. The van der Waals surface area contributed by atoms with Gasteiger partial charge >= 0.3 is 6.18 Å². The second-order valence-electron chi connectivity index (χ2n) is 5.51. The number of anilines is 2. The van der Waals surface area contributed by atoms with Crippen molar-refractivity contribution in [2.75, 3.05) is 4.90 Å². The molecule has 26 heavy (non-hydrogen) atoms. The molecular formula is C18H13ClF3N3O. The molecule has 0 radical (unpaired) electrons. The Morgan fingerprint density at radius 1 is 1.04 bits per heavy atom. The molecule has 0 aliphatic heterocycles. The standard InChI is InChI=1S/C18H13ClF3N3O/c1-24-10-16(17(23-24)18(20,21)22)25(11-26)15-9-5-3-7-13(15)12-6-2-4-8-14(12)19/h2-11H,1H3. The maximum atomic E-state index is 13.3. The minimum atomic E-state index is -4.70. The Bertz CT molecular complexity index is 953. The monoisotopic (exact) mass is 379 g/mol. The molecule has 0 saturated heterocycles. The Balaban J connectivity index is 2.21. The van der Waals surface area contributed by atoms with Gasteiger partial charge < -0.3 is 0 Å². The lowest BCUT2D eigenvalue weighted by Crippen LogP contribution is -2.19. The first-order valence-electron chi connectivity index (χ1n) is 7.52. The molecule has 2 aromatic carbocycles. The van der Waals surface area contributed by atoms with Crippen LogP contribution in [0.1, 0.15) is 5.69 Å². The van der Waals surface area contributed by atoms with Gasteiger partial charge in [-0.1, -0.05) is 48.0 Å². The highest BCUT2D eigenvalue weighted by Gasteiger charge is 2.39. The highest BCUT2D eigenvalue weighted by molar-refractivity contribution is 6.33. The molecule has 0 fully saturated rings. The maximum absolute atomic E-state index is 13.3. The number of carbonyl (C=O) groups excluding carboxylic acids is 1. The highest BCUT2D eigenvalue weighted by Crippen LogP contribution is 2.41. The number of aromatic nitrogens is 2. The molecule has 0 aliphatic rings. The summed E-state index contributed by atoms with van der Waals surface area (Å²) in [7, 11) is 1.36. The first kappa shape index (κ1) is 18.0. The lowest BCUT2D eigenvalue weighted by atomic mass is 10.0. The van der Waals surface area contributed by atoms with Gasteiger partial charge in [-0.3, -0.25) is 14.4 Å². The van der Waals surface area contributed by atoms with Gasteiger partial charge in [0.05, 0.1) is 11.4 Å². The normalized spacial score (nSPS) is 11.4. The number of halogens is 4. The molecule has 0 unspecified atom stereocenters. The van der Waals surface area contributed by atoms with Crippen LogP contribution >= 0.6 is 11.6 Å². The SMILES string of the molecule is Cn1cc(N(C=O)c2ccccc2-c2ccccc2Cl)c(C(F)(F)F)n1. The number of hydrogen-bond donors (Lipinski definition) is 0. The number of benzene rings is 2. The van der Waals surface area contributed by atoms with Gasteiger partial charge in [0, 0.05) is 29.4 Å². The summed E-state index contributed by atoms with van der Waals surface area (Å²) in [5.74, 6) is 0. The molecule has 0 N–H and O–H groups in total. The smallest absolute Gasteiger partial charge is 0.279 e. The number of aryl methyl sites for hydroxylation is 1. The van der Waals surface area contributed by atoms with E-state index in [9.17, 15) is 18.0 Å². The van der Waals surface area contributed by atoms with E-state index in [4.69, 9.17) is 11.6 Å². The molecule has 0 spiro atoms. The first-order valence-corrected chi connectivity index (χ1v) is 7.90. The van der Waals surface area contributed by atoms with Gasteiger partial charge in [-0.25, -0.2) is 0 Å². The molecule has 1 heterocycles. The second kappa shape index (κ2) is 6.84. The highest BCUT2D eigenvalue weighted by atomic mass is 35.5. The van der Waals surface area contributed by atoms with E-state index in [1.165, 1.54) is 7.05 Å². The predicted octanol–water partition coefficient (Wildman–Crippen LogP) is 5.05. The molecule has 3 rings (SSSR count). The number of nitrogens with zero attached hydrogens (tertiary/aromatic N) is 3. The predicted molar refractivity (Wildman–Crippen MR) is 93.3 cm³/mol. The maximum Gasteiger partial charge on any atom is 0.437 e. The van der Waals surface area contributed by atoms with Crippen molar-refractivity contribution < 1.29 is 18.0 Å². The van der Waals surface area contributed by atoms with Crippen molar-refractivity contribution in [2.45, 2.75) is 6.18 Å². The third kappa shape index (κ3) is 3.30. The summed E-state index contributed by atoms with van der Waals surface area (Å²) in [6.07, 6.45) is -3.21. The summed E-state index contributed by atoms with van der Waals surface area (Å²) in [5.41, 5.74) is -0.0825. The van der Waals surface area contributed by atoms with E-state index in [2.05, 4.69) is 5.10 Å². The zero-order valence-corrected chi connectivity index (χ0v) is 14.3.